The highest BCUT2D eigenvalue weighted by atomic mass is 16.5. The molecule has 0 aliphatic rings. The van der Waals surface area contributed by atoms with Crippen LogP contribution in [-0.4, -0.2) is 24.3 Å². The van der Waals surface area contributed by atoms with E-state index in [2.05, 4.69) is 0 Å². The van der Waals surface area contributed by atoms with Crippen LogP contribution >= 0.6 is 0 Å². The summed E-state index contributed by atoms with van der Waals surface area (Å²) < 4.78 is 4.96. The summed E-state index contributed by atoms with van der Waals surface area (Å²) in [5.74, 6) is -0.919. The number of aliphatic carboxylic acids is 1. The molecule has 0 heterocycles. The van der Waals surface area contributed by atoms with E-state index in [9.17, 15) is 4.79 Å². The van der Waals surface area contributed by atoms with E-state index in [0.29, 0.717) is 13.2 Å². The molecule has 0 bridgehead atoms. The minimum absolute atomic E-state index is 0.406. The molecule has 3 nitrogen and oxygen atoms in total. The Morgan fingerprint density at radius 1 is 1.70 bits per heavy atom. The fourth-order valence-corrected chi connectivity index (χ4v) is 0.516. The Balaban J connectivity index is 3.60. The van der Waals surface area contributed by atoms with Crippen LogP contribution in [0, 0.1) is 0 Å². The number of carboxylic acid groups (broad SMARTS) is 1. The summed E-state index contributed by atoms with van der Waals surface area (Å²) in [7, 11) is 0. The summed E-state index contributed by atoms with van der Waals surface area (Å²) in [5, 5.41) is 8.25. The molecule has 10 heavy (non-hydrogen) atoms. The molecule has 58 valence electrons. The first-order valence-corrected chi connectivity index (χ1v) is 3.14. The van der Waals surface area contributed by atoms with Gasteiger partial charge in [0.25, 0.3) is 0 Å². The lowest BCUT2D eigenvalue weighted by atomic mass is 10.3. The molecule has 0 saturated carbocycles. The van der Waals surface area contributed by atoms with Gasteiger partial charge in [0.2, 0.25) is 0 Å². The molecule has 3 heteroatoms. The van der Waals surface area contributed by atoms with Crippen molar-refractivity contribution >= 4 is 5.97 Å². The maximum atomic E-state index is 10.0. The zero-order chi connectivity index (χ0) is 7.98. The van der Waals surface area contributed by atoms with Gasteiger partial charge in [-0.2, -0.15) is 0 Å². The Labute approximate surface area is 60.3 Å². The predicted molar refractivity (Wildman–Crippen MR) is 37.9 cm³/mol. The number of hydrogen-bond donors (Lipinski definition) is 1. The molecule has 0 aliphatic heterocycles. The molecule has 1 N–H and O–H groups in total. The molecule has 0 unspecified atom stereocenters. The first-order chi connectivity index (χ1) is 4.66. The van der Waals surface area contributed by atoms with Crippen molar-refractivity contribution in [2.24, 2.45) is 0 Å². The topological polar surface area (TPSA) is 46.5 Å². The van der Waals surface area contributed by atoms with E-state index < -0.39 is 5.97 Å². The fourth-order valence-electron chi connectivity index (χ4n) is 0.516. The highest BCUT2D eigenvalue weighted by molar-refractivity contribution is 5.80. The molecular weight excluding hydrogens is 132 g/mol. The van der Waals surface area contributed by atoms with Crippen molar-refractivity contribution < 1.29 is 14.6 Å². The van der Waals surface area contributed by atoms with E-state index in [1.807, 2.05) is 6.92 Å². The molecule has 0 spiro atoms. The number of carbonyl (C=O) groups is 1. The summed E-state index contributed by atoms with van der Waals surface area (Å²) in [6.07, 6.45) is 1.15. The molecule has 0 atom stereocenters. The van der Waals surface area contributed by atoms with Crippen LogP contribution in [-0.2, 0) is 9.53 Å². The third kappa shape index (κ3) is 5.31. The summed E-state index contributed by atoms with van der Waals surface area (Å²) in [6, 6.07) is 0. The third-order valence-electron chi connectivity index (χ3n) is 0.904. The maximum absolute atomic E-state index is 10.0. The smallest absolute Gasteiger partial charge is 0.328 e. The molecular formula is C7H12O3. The zero-order valence-corrected chi connectivity index (χ0v) is 6.26. The van der Waals surface area contributed by atoms with Crippen LogP contribution in [0.15, 0.2) is 11.6 Å². The number of carboxylic acids is 1. The van der Waals surface area contributed by atoms with Gasteiger partial charge in [-0.15, -0.1) is 0 Å². The molecule has 0 aliphatic carbocycles. The van der Waals surface area contributed by atoms with Crippen LogP contribution in [0.25, 0.3) is 0 Å². The molecule has 0 aromatic rings. The molecule has 0 amide bonds. The minimum atomic E-state index is -0.919. The number of rotatable bonds is 4. The summed E-state index contributed by atoms with van der Waals surface area (Å²) >= 11 is 0. The largest absolute Gasteiger partial charge is 0.478 e. The SMILES string of the molecule is CCOC/C(C)=C/C(=O)O. The molecule has 0 aromatic carbocycles. The highest BCUT2D eigenvalue weighted by Crippen LogP contribution is 1.92. The minimum Gasteiger partial charge on any atom is -0.478 e. The van der Waals surface area contributed by atoms with Gasteiger partial charge in [0.1, 0.15) is 0 Å². The monoisotopic (exact) mass is 144 g/mol. The zero-order valence-electron chi connectivity index (χ0n) is 6.26. The van der Waals surface area contributed by atoms with Gasteiger partial charge in [-0.1, -0.05) is 0 Å². The summed E-state index contributed by atoms with van der Waals surface area (Å²) in [4.78, 5) is 10.0. The van der Waals surface area contributed by atoms with Crippen molar-refractivity contribution in [2.45, 2.75) is 13.8 Å². The molecule has 0 fully saturated rings. The Bertz CT molecular complexity index is 138. The first-order valence-electron chi connectivity index (χ1n) is 3.14. The second kappa shape index (κ2) is 4.99. The standard InChI is InChI=1S/C7H12O3/c1-3-10-5-6(2)4-7(8)9/h4H,3,5H2,1-2H3,(H,8,9)/b6-4+. The lowest BCUT2D eigenvalue weighted by molar-refractivity contribution is -0.131. The average molecular weight is 144 g/mol. The van der Waals surface area contributed by atoms with Gasteiger partial charge in [0.15, 0.2) is 0 Å². The molecule has 0 rings (SSSR count). The molecule has 0 aromatic heterocycles. The van der Waals surface area contributed by atoms with Gasteiger partial charge in [0.05, 0.1) is 6.61 Å². The van der Waals surface area contributed by atoms with Crippen LogP contribution < -0.4 is 0 Å². The normalized spacial score (nSPS) is 11.6. The van der Waals surface area contributed by atoms with E-state index in [1.54, 1.807) is 6.92 Å². The Hall–Kier alpha value is -0.830. The maximum Gasteiger partial charge on any atom is 0.328 e. The van der Waals surface area contributed by atoms with Crippen molar-refractivity contribution in [3.63, 3.8) is 0 Å². The van der Waals surface area contributed by atoms with E-state index in [-0.39, 0.29) is 0 Å². The first kappa shape index (κ1) is 9.17. The van der Waals surface area contributed by atoms with Gasteiger partial charge in [0, 0.05) is 12.7 Å². The lowest BCUT2D eigenvalue weighted by Crippen LogP contribution is -1.97. The van der Waals surface area contributed by atoms with Gasteiger partial charge >= 0.3 is 5.97 Å². The average Bonchev–Trinajstić information content (AvgIpc) is 1.82. The van der Waals surface area contributed by atoms with Crippen LogP contribution in [0.5, 0.6) is 0 Å². The van der Waals surface area contributed by atoms with Crippen LogP contribution in [0.1, 0.15) is 13.8 Å². The predicted octanol–water partition coefficient (Wildman–Crippen LogP) is 1.05. The van der Waals surface area contributed by atoms with Gasteiger partial charge in [-0.05, 0) is 19.4 Å². The van der Waals surface area contributed by atoms with Crippen molar-refractivity contribution in [2.75, 3.05) is 13.2 Å². The van der Waals surface area contributed by atoms with Crippen molar-refractivity contribution in [3.8, 4) is 0 Å². The lowest BCUT2D eigenvalue weighted by Gasteiger charge is -1.98. The summed E-state index contributed by atoms with van der Waals surface area (Å²) in [6.45, 7) is 4.62. The van der Waals surface area contributed by atoms with E-state index in [4.69, 9.17) is 9.84 Å². The van der Waals surface area contributed by atoms with Crippen molar-refractivity contribution in [1.82, 2.24) is 0 Å². The highest BCUT2D eigenvalue weighted by Gasteiger charge is 1.92. The van der Waals surface area contributed by atoms with Crippen LogP contribution in [0.3, 0.4) is 0 Å². The summed E-state index contributed by atoms with van der Waals surface area (Å²) in [5.41, 5.74) is 0.731. The van der Waals surface area contributed by atoms with Crippen LogP contribution in [0.4, 0.5) is 0 Å². The van der Waals surface area contributed by atoms with Crippen molar-refractivity contribution in [1.29, 1.82) is 0 Å². The third-order valence-corrected chi connectivity index (χ3v) is 0.904. The Kier molecular flexibility index (Phi) is 4.58. The fraction of sp³-hybridized carbons (Fsp3) is 0.571. The second-order valence-corrected chi connectivity index (χ2v) is 1.97. The Morgan fingerprint density at radius 2 is 2.30 bits per heavy atom. The van der Waals surface area contributed by atoms with Gasteiger partial charge < -0.3 is 9.84 Å². The van der Waals surface area contributed by atoms with Gasteiger partial charge in [-0.3, -0.25) is 0 Å². The van der Waals surface area contributed by atoms with E-state index in [1.165, 1.54) is 0 Å². The van der Waals surface area contributed by atoms with Crippen LogP contribution in [0.2, 0.25) is 0 Å². The molecule has 0 radical (unpaired) electrons. The second-order valence-electron chi connectivity index (χ2n) is 1.97. The van der Waals surface area contributed by atoms with Crippen molar-refractivity contribution in [3.05, 3.63) is 11.6 Å². The van der Waals surface area contributed by atoms with E-state index >= 15 is 0 Å². The van der Waals surface area contributed by atoms with Gasteiger partial charge in [-0.25, -0.2) is 4.79 Å². The number of hydrogen-bond acceptors (Lipinski definition) is 2. The Morgan fingerprint density at radius 3 is 2.70 bits per heavy atom. The molecule has 0 saturated heterocycles. The number of ether oxygens (including phenoxy) is 1. The van der Waals surface area contributed by atoms with E-state index in [0.717, 1.165) is 11.6 Å². The quantitative estimate of drug-likeness (QED) is 0.600.